The summed E-state index contributed by atoms with van der Waals surface area (Å²) in [4.78, 5) is 20.8. The lowest BCUT2D eigenvalue weighted by atomic mass is 10.1. The van der Waals surface area contributed by atoms with Gasteiger partial charge in [0.25, 0.3) is 0 Å². The number of carbonyl (C=O) groups excluding carboxylic acids is 1. The Morgan fingerprint density at radius 1 is 1.17 bits per heavy atom. The van der Waals surface area contributed by atoms with Gasteiger partial charge in [-0.15, -0.1) is 0 Å². The van der Waals surface area contributed by atoms with E-state index in [1.54, 1.807) is 36.7 Å². The lowest BCUT2D eigenvalue weighted by Gasteiger charge is -2.08. The van der Waals surface area contributed by atoms with Crippen LogP contribution in [0.25, 0.3) is 11.8 Å². The Balaban J connectivity index is 2.09. The Labute approximate surface area is 142 Å². The minimum atomic E-state index is -0.291. The van der Waals surface area contributed by atoms with Crippen molar-refractivity contribution >= 4 is 40.8 Å². The molecule has 0 bridgehead atoms. The van der Waals surface area contributed by atoms with Gasteiger partial charge in [0, 0.05) is 23.0 Å². The molecule has 5 nitrogen and oxygen atoms in total. The number of allylic oxidation sites excluding steroid dienone is 1. The molecule has 3 aromatic rings. The predicted molar refractivity (Wildman–Crippen MR) is 89.2 cm³/mol. The van der Waals surface area contributed by atoms with Gasteiger partial charge in [-0.1, -0.05) is 29.3 Å². The van der Waals surface area contributed by atoms with Crippen molar-refractivity contribution in [2.45, 2.75) is 0 Å². The van der Waals surface area contributed by atoms with Crippen molar-refractivity contribution in [3.63, 3.8) is 0 Å². The van der Waals surface area contributed by atoms with Crippen molar-refractivity contribution in [2.24, 2.45) is 0 Å². The molecule has 2 aromatic heterocycles. The highest BCUT2D eigenvalue weighted by molar-refractivity contribution is 6.40. The predicted octanol–water partition coefficient (Wildman–Crippen LogP) is 3.86. The molecule has 0 amide bonds. The number of nitrogens with zero attached hydrogens (tertiary/aromatic N) is 4. The number of carbonyl (C=O) groups is 1. The van der Waals surface area contributed by atoms with Crippen molar-refractivity contribution in [3.05, 3.63) is 76.6 Å². The number of halogens is 2. The number of hydrogen-bond donors (Lipinski definition) is 0. The third-order valence-corrected chi connectivity index (χ3v) is 3.61. The Hall–Kier alpha value is -2.50. The molecule has 1 aromatic carbocycles. The lowest BCUT2D eigenvalue weighted by molar-refractivity contribution is 0.105. The van der Waals surface area contributed by atoms with Gasteiger partial charge in [0.1, 0.15) is 18.4 Å². The van der Waals surface area contributed by atoms with Crippen LogP contribution in [0.3, 0.4) is 0 Å². The SMILES string of the molecule is O=C(/C(=C\c1cccnc1)n1cncn1)c1ccc(Cl)cc1Cl. The van der Waals surface area contributed by atoms with Crippen LogP contribution in [0.2, 0.25) is 10.0 Å². The summed E-state index contributed by atoms with van der Waals surface area (Å²) in [5.41, 5.74) is 1.40. The largest absolute Gasteiger partial charge is 0.287 e. The first-order valence-electron chi connectivity index (χ1n) is 6.61. The zero-order chi connectivity index (χ0) is 16.2. The fourth-order valence-electron chi connectivity index (χ4n) is 2.00. The van der Waals surface area contributed by atoms with Crippen LogP contribution >= 0.6 is 23.2 Å². The summed E-state index contributed by atoms with van der Waals surface area (Å²) in [6, 6.07) is 8.34. The number of pyridine rings is 1. The van der Waals surface area contributed by atoms with E-state index >= 15 is 0 Å². The average Bonchev–Trinajstić information content (AvgIpc) is 3.07. The molecule has 0 atom stereocenters. The Morgan fingerprint density at radius 2 is 2.04 bits per heavy atom. The second-order valence-corrected chi connectivity index (χ2v) is 5.45. The molecule has 0 saturated carbocycles. The summed E-state index contributed by atoms with van der Waals surface area (Å²) in [6.45, 7) is 0. The van der Waals surface area contributed by atoms with Crippen molar-refractivity contribution in [3.8, 4) is 0 Å². The zero-order valence-corrected chi connectivity index (χ0v) is 13.2. The highest BCUT2D eigenvalue weighted by atomic mass is 35.5. The zero-order valence-electron chi connectivity index (χ0n) is 11.7. The van der Waals surface area contributed by atoms with E-state index in [2.05, 4.69) is 15.1 Å². The summed E-state index contributed by atoms with van der Waals surface area (Å²) in [5, 5.41) is 4.77. The van der Waals surface area contributed by atoms with Gasteiger partial charge >= 0.3 is 0 Å². The maximum absolute atomic E-state index is 12.9. The molecule has 0 spiro atoms. The molecular formula is C16H10Cl2N4O. The first-order chi connectivity index (χ1) is 11.1. The molecule has 0 aliphatic carbocycles. The van der Waals surface area contributed by atoms with E-state index in [0.29, 0.717) is 16.3 Å². The smallest absolute Gasteiger partial charge is 0.212 e. The summed E-state index contributed by atoms with van der Waals surface area (Å²) in [5.74, 6) is -0.291. The van der Waals surface area contributed by atoms with E-state index in [9.17, 15) is 4.79 Å². The Bertz CT molecular complexity index is 861. The van der Waals surface area contributed by atoms with Crippen LogP contribution in [-0.4, -0.2) is 25.5 Å². The molecule has 0 fully saturated rings. The molecule has 3 rings (SSSR count). The number of hydrogen-bond acceptors (Lipinski definition) is 4. The standard InChI is InChI=1S/C16H10Cl2N4O/c17-12-3-4-13(14(18)7-12)16(23)15(22-10-20-9-21-22)6-11-2-1-5-19-8-11/h1-10H/b15-6+. The van der Waals surface area contributed by atoms with Crippen LogP contribution in [0.1, 0.15) is 15.9 Å². The number of Topliss-reactive ketones (excluding diaryl/α,β-unsaturated/α-hetero) is 1. The fourth-order valence-corrected chi connectivity index (χ4v) is 2.49. The van der Waals surface area contributed by atoms with Gasteiger partial charge in [0.2, 0.25) is 5.78 Å². The average molecular weight is 345 g/mol. The number of ketones is 1. The van der Waals surface area contributed by atoms with Gasteiger partial charge < -0.3 is 0 Å². The van der Waals surface area contributed by atoms with Gasteiger partial charge in [-0.3, -0.25) is 9.78 Å². The van der Waals surface area contributed by atoms with Gasteiger partial charge in [-0.2, -0.15) is 5.10 Å². The second kappa shape index (κ2) is 6.73. The Morgan fingerprint density at radius 3 is 2.70 bits per heavy atom. The second-order valence-electron chi connectivity index (χ2n) is 4.61. The summed E-state index contributed by atoms with van der Waals surface area (Å²) in [6.07, 6.45) is 7.78. The van der Waals surface area contributed by atoms with E-state index in [-0.39, 0.29) is 10.8 Å². The van der Waals surface area contributed by atoms with Gasteiger partial charge in [0.05, 0.1) is 5.02 Å². The minimum absolute atomic E-state index is 0.278. The number of rotatable bonds is 4. The normalized spacial score (nSPS) is 11.5. The van der Waals surface area contributed by atoms with Crippen molar-refractivity contribution in [2.75, 3.05) is 0 Å². The van der Waals surface area contributed by atoms with E-state index in [4.69, 9.17) is 23.2 Å². The first-order valence-corrected chi connectivity index (χ1v) is 7.37. The Kier molecular flexibility index (Phi) is 4.50. The highest BCUT2D eigenvalue weighted by Gasteiger charge is 2.18. The van der Waals surface area contributed by atoms with Gasteiger partial charge in [-0.05, 0) is 35.9 Å². The molecular weight excluding hydrogens is 335 g/mol. The van der Waals surface area contributed by atoms with Crippen LogP contribution < -0.4 is 0 Å². The van der Waals surface area contributed by atoms with E-state index < -0.39 is 0 Å². The van der Waals surface area contributed by atoms with E-state index in [0.717, 1.165) is 5.56 Å². The highest BCUT2D eigenvalue weighted by Crippen LogP contribution is 2.25. The topological polar surface area (TPSA) is 60.7 Å². The minimum Gasteiger partial charge on any atom is -0.287 e. The van der Waals surface area contributed by atoms with Crippen molar-refractivity contribution in [1.29, 1.82) is 0 Å². The monoisotopic (exact) mass is 344 g/mol. The molecule has 0 N–H and O–H groups in total. The number of benzene rings is 1. The summed E-state index contributed by atoms with van der Waals surface area (Å²) >= 11 is 12.0. The third-order valence-electron chi connectivity index (χ3n) is 3.06. The fraction of sp³-hybridized carbons (Fsp3) is 0. The van der Waals surface area contributed by atoms with Crippen LogP contribution in [0.15, 0.2) is 55.4 Å². The number of aromatic nitrogens is 4. The molecule has 114 valence electrons. The van der Waals surface area contributed by atoms with Gasteiger partial charge in [-0.25, -0.2) is 9.67 Å². The summed E-state index contributed by atoms with van der Waals surface area (Å²) in [7, 11) is 0. The quantitative estimate of drug-likeness (QED) is 0.532. The molecule has 0 radical (unpaired) electrons. The molecule has 7 heteroatoms. The third kappa shape index (κ3) is 3.47. The first kappa shape index (κ1) is 15.4. The molecule has 0 aliphatic rings. The maximum atomic E-state index is 12.9. The van der Waals surface area contributed by atoms with Crippen molar-refractivity contribution in [1.82, 2.24) is 19.7 Å². The van der Waals surface area contributed by atoms with E-state index in [1.807, 2.05) is 6.07 Å². The van der Waals surface area contributed by atoms with Crippen LogP contribution in [0.4, 0.5) is 0 Å². The lowest BCUT2D eigenvalue weighted by Crippen LogP contribution is -2.10. The molecule has 0 unspecified atom stereocenters. The molecule has 0 aliphatic heterocycles. The van der Waals surface area contributed by atoms with Gasteiger partial charge in [0.15, 0.2) is 0 Å². The molecule has 23 heavy (non-hydrogen) atoms. The summed E-state index contributed by atoms with van der Waals surface area (Å²) < 4.78 is 1.39. The van der Waals surface area contributed by atoms with E-state index in [1.165, 1.54) is 23.4 Å². The van der Waals surface area contributed by atoms with Crippen molar-refractivity contribution < 1.29 is 4.79 Å². The van der Waals surface area contributed by atoms with Crippen LogP contribution in [0.5, 0.6) is 0 Å². The van der Waals surface area contributed by atoms with Crippen LogP contribution in [-0.2, 0) is 0 Å². The molecule has 2 heterocycles. The molecule has 0 saturated heterocycles. The van der Waals surface area contributed by atoms with Crippen LogP contribution in [0, 0.1) is 0 Å². The maximum Gasteiger partial charge on any atom is 0.212 e.